The van der Waals surface area contributed by atoms with Crippen LogP contribution >= 0.6 is 0 Å². The van der Waals surface area contributed by atoms with Crippen molar-refractivity contribution in [3.8, 4) is 0 Å². The first kappa shape index (κ1) is 20.8. The third-order valence-electron chi connectivity index (χ3n) is 7.00. The Kier molecular flexibility index (Phi) is 5.50. The molecule has 0 unspecified atom stereocenters. The van der Waals surface area contributed by atoms with Crippen LogP contribution in [0.1, 0.15) is 36.3 Å². The van der Waals surface area contributed by atoms with Gasteiger partial charge in [0.2, 0.25) is 11.8 Å². The first-order valence-corrected chi connectivity index (χ1v) is 11.2. The van der Waals surface area contributed by atoms with Gasteiger partial charge in [-0.05, 0) is 18.6 Å². The summed E-state index contributed by atoms with van der Waals surface area (Å²) < 4.78 is 1.73. The zero-order valence-electron chi connectivity index (χ0n) is 18.3. The van der Waals surface area contributed by atoms with Crippen molar-refractivity contribution >= 4 is 11.8 Å². The number of amides is 2. The average Bonchev–Trinajstić information content (AvgIpc) is 2.96. The molecule has 0 N–H and O–H groups in total. The Bertz CT molecular complexity index is 1070. The number of aromatic nitrogens is 3. The lowest BCUT2D eigenvalue weighted by atomic mass is 9.78. The molecular formula is C23H28N6O3. The second kappa shape index (κ2) is 8.46. The number of hydrogen-bond donors (Lipinski definition) is 0. The molecule has 2 aromatic heterocycles. The van der Waals surface area contributed by atoms with Crippen LogP contribution in [-0.4, -0.2) is 80.8 Å². The van der Waals surface area contributed by atoms with Crippen molar-refractivity contribution in [3.05, 3.63) is 58.5 Å². The molecule has 32 heavy (non-hydrogen) atoms. The minimum atomic E-state index is -0.548. The summed E-state index contributed by atoms with van der Waals surface area (Å²) in [5.74, 6) is 0.966. The van der Waals surface area contributed by atoms with E-state index in [1.807, 2.05) is 6.07 Å². The van der Waals surface area contributed by atoms with Crippen molar-refractivity contribution in [2.24, 2.45) is 5.92 Å². The molecule has 9 nitrogen and oxygen atoms in total. The lowest BCUT2D eigenvalue weighted by Gasteiger charge is -2.47. The van der Waals surface area contributed by atoms with Crippen molar-refractivity contribution in [1.29, 1.82) is 0 Å². The van der Waals surface area contributed by atoms with Crippen molar-refractivity contribution in [1.82, 2.24) is 29.2 Å². The lowest BCUT2D eigenvalue weighted by Crippen LogP contribution is -2.54. The van der Waals surface area contributed by atoms with E-state index in [-0.39, 0.29) is 29.2 Å². The summed E-state index contributed by atoms with van der Waals surface area (Å²) in [6.07, 6.45) is 4.67. The van der Waals surface area contributed by atoms with Gasteiger partial charge >= 0.3 is 0 Å². The molecule has 0 radical (unpaired) electrons. The molecule has 168 valence electrons. The number of pyridine rings is 1. The summed E-state index contributed by atoms with van der Waals surface area (Å²) in [6, 6.07) is 6.56. The summed E-state index contributed by atoms with van der Waals surface area (Å²) >= 11 is 0. The number of piperidine rings is 1. The lowest BCUT2D eigenvalue weighted by molar-refractivity contribution is -0.138. The van der Waals surface area contributed by atoms with Gasteiger partial charge in [-0.2, -0.15) is 0 Å². The quantitative estimate of drug-likeness (QED) is 0.696. The van der Waals surface area contributed by atoms with Crippen LogP contribution in [0.5, 0.6) is 0 Å². The Morgan fingerprint density at radius 2 is 1.88 bits per heavy atom. The first-order valence-electron chi connectivity index (χ1n) is 11.2. The highest BCUT2D eigenvalue weighted by molar-refractivity contribution is 5.83. The standard InChI is InChI=1S/C23H28N6O3/c1-26-10-11-28(9-6-20(26)30)23(32)22-17-12-16(18-4-2-5-21(31)29(18)22)13-27(14-17)15-19-24-7-3-8-25-19/h2-5,7-8,16-17,22H,6,9-15H2,1H3/t16-,17+,22+/m0/s1. The maximum Gasteiger partial charge on any atom is 0.251 e. The summed E-state index contributed by atoms with van der Waals surface area (Å²) in [7, 11) is 1.77. The molecule has 0 spiro atoms. The Morgan fingerprint density at radius 3 is 2.69 bits per heavy atom. The fourth-order valence-corrected chi connectivity index (χ4v) is 5.42. The topological polar surface area (TPSA) is 91.6 Å². The number of hydrogen-bond acceptors (Lipinski definition) is 6. The molecule has 0 aliphatic carbocycles. The van der Waals surface area contributed by atoms with Gasteiger partial charge in [0, 0.05) is 82.2 Å². The first-order chi connectivity index (χ1) is 15.5. The predicted octanol–water partition coefficient (Wildman–Crippen LogP) is 0.489. The molecule has 0 saturated carbocycles. The smallest absolute Gasteiger partial charge is 0.251 e. The van der Waals surface area contributed by atoms with Gasteiger partial charge in [0.15, 0.2) is 0 Å². The van der Waals surface area contributed by atoms with Crippen molar-refractivity contribution < 1.29 is 9.59 Å². The number of likely N-dealkylation sites (tertiary alicyclic amines) is 1. The van der Waals surface area contributed by atoms with E-state index in [1.54, 1.807) is 52.0 Å². The van der Waals surface area contributed by atoms with E-state index >= 15 is 0 Å². The van der Waals surface area contributed by atoms with Crippen LogP contribution in [0.2, 0.25) is 0 Å². The summed E-state index contributed by atoms with van der Waals surface area (Å²) in [5, 5.41) is 0. The predicted molar refractivity (Wildman–Crippen MR) is 117 cm³/mol. The maximum absolute atomic E-state index is 13.8. The third kappa shape index (κ3) is 3.81. The van der Waals surface area contributed by atoms with E-state index in [0.29, 0.717) is 39.1 Å². The van der Waals surface area contributed by atoms with E-state index in [9.17, 15) is 14.4 Å². The van der Waals surface area contributed by atoms with Gasteiger partial charge in [0.1, 0.15) is 11.9 Å². The number of likely N-dealkylation sites (N-methyl/N-ethyl adjacent to an activating group) is 1. The minimum Gasteiger partial charge on any atom is -0.344 e. The molecule has 9 heteroatoms. The second-order valence-electron chi connectivity index (χ2n) is 9.05. The third-order valence-corrected chi connectivity index (χ3v) is 7.00. The van der Waals surface area contributed by atoms with Crippen molar-refractivity contribution in [2.45, 2.75) is 31.3 Å². The number of carbonyl (C=O) groups excluding carboxylic acids is 2. The van der Waals surface area contributed by atoms with Crippen LogP contribution < -0.4 is 5.56 Å². The van der Waals surface area contributed by atoms with Crippen LogP contribution in [0.3, 0.4) is 0 Å². The van der Waals surface area contributed by atoms with Gasteiger partial charge in [-0.3, -0.25) is 23.9 Å². The van der Waals surface area contributed by atoms with Gasteiger partial charge in [-0.25, -0.2) is 9.97 Å². The van der Waals surface area contributed by atoms with Gasteiger partial charge in [-0.1, -0.05) is 6.07 Å². The maximum atomic E-state index is 13.8. The Morgan fingerprint density at radius 1 is 1.06 bits per heavy atom. The summed E-state index contributed by atoms with van der Waals surface area (Å²) in [4.78, 5) is 53.3. The fraction of sp³-hybridized carbons (Fsp3) is 0.522. The number of carbonyl (C=O) groups is 2. The molecule has 3 aliphatic rings. The van der Waals surface area contributed by atoms with Gasteiger partial charge in [0.05, 0.1) is 6.54 Å². The van der Waals surface area contributed by atoms with E-state index in [4.69, 9.17) is 0 Å². The van der Waals surface area contributed by atoms with Gasteiger partial charge in [0.25, 0.3) is 5.56 Å². The normalized spacial score (nSPS) is 25.9. The zero-order valence-corrected chi connectivity index (χ0v) is 18.3. The number of fused-ring (bicyclic) bond motifs is 4. The van der Waals surface area contributed by atoms with E-state index in [2.05, 4.69) is 14.9 Å². The summed E-state index contributed by atoms with van der Waals surface area (Å²) in [5.41, 5.74) is 0.798. The largest absolute Gasteiger partial charge is 0.344 e. The minimum absolute atomic E-state index is 0.0225. The molecular weight excluding hydrogens is 408 g/mol. The number of rotatable bonds is 3. The van der Waals surface area contributed by atoms with E-state index in [0.717, 1.165) is 24.5 Å². The molecule has 2 bridgehead atoms. The molecule has 2 saturated heterocycles. The van der Waals surface area contributed by atoms with Crippen LogP contribution in [0.25, 0.3) is 0 Å². The molecule has 2 fully saturated rings. The van der Waals surface area contributed by atoms with Crippen LogP contribution in [0.4, 0.5) is 0 Å². The van der Waals surface area contributed by atoms with Gasteiger partial charge in [-0.15, -0.1) is 0 Å². The highest BCUT2D eigenvalue weighted by Gasteiger charge is 2.45. The van der Waals surface area contributed by atoms with E-state index in [1.165, 1.54) is 0 Å². The van der Waals surface area contributed by atoms with Crippen LogP contribution in [-0.2, 0) is 16.1 Å². The van der Waals surface area contributed by atoms with Gasteiger partial charge < -0.3 is 9.80 Å². The number of nitrogens with zero attached hydrogens (tertiary/aromatic N) is 6. The monoisotopic (exact) mass is 436 g/mol. The van der Waals surface area contributed by atoms with Crippen molar-refractivity contribution in [3.63, 3.8) is 0 Å². The summed E-state index contributed by atoms with van der Waals surface area (Å²) in [6.45, 7) is 3.54. The molecule has 2 amide bonds. The zero-order chi connectivity index (χ0) is 22.2. The molecule has 2 aromatic rings. The average molecular weight is 437 g/mol. The molecule has 5 heterocycles. The SMILES string of the molecule is CN1CCN(C(=O)[C@H]2[C@@H]3C[C@@H](CN(Cc4ncccn4)C3)c3cccc(=O)n32)CCC1=O. The molecule has 5 rings (SSSR count). The molecule has 0 aromatic carbocycles. The second-order valence-corrected chi connectivity index (χ2v) is 9.05. The van der Waals surface area contributed by atoms with Crippen LogP contribution in [0.15, 0.2) is 41.5 Å². The molecule has 3 aliphatic heterocycles. The molecule has 3 atom stereocenters. The Balaban J connectivity index is 1.46. The van der Waals surface area contributed by atoms with Crippen LogP contribution in [0, 0.1) is 5.92 Å². The Labute approximate surface area is 186 Å². The van der Waals surface area contributed by atoms with E-state index < -0.39 is 6.04 Å². The highest BCUT2D eigenvalue weighted by Crippen LogP contribution is 2.42. The van der Waals surface area contributed by atoms with Crippen molar-refractivity contribution in [2.75, 3.05) is 39.8 Å². The Hall–Kier alpha value is -3.07. The fourth-order valence-electron chi connectivity index (χ4n) is 5.42. The highest BCUT2D eigenvalue weighted by atomic mass is 16.2.